The zero-order chi connectivity index (χ0) is 71.5. The number of ether oxygens (including phenoxy) is 4. The maximum absolute atomic E-state index is 14.9. The fraction of sp³-hybridized carbons (Fsp3) is 0.634. The quantitative estimate of drug-likeness (QED) is 0.0256. The van der Waals surface area contributed by atoms with Crippen LogP contribution in [0.15, 0.2) is 66.7 Å². The number of methoxy groups -OCH3 is 3. The molecule has 4 rings (SSSR count). The zero-order valence-corrected chi connectivity index (χ0v) is 58.9. The minimum absolute atomic E-state index is 0.0963. The summed E-state index contributed by atoms with van der Waals surface area (Å²) in [6.07, 6.45) is 3.88. The van der Waals surface area contributed by atoms with Crippen LogP contribution in [-0.2, 0) is 79.9 Å². The van der Waals surface area contributed by atoms with E-state index in [2.05, 4.69) is 21.3 Å². The summed E-state index contributed by atoms with van der Waals surface area (Å²) < 4.78 is 22.9. The highest BCUT2D eigenvalue weighted by Crippen LogP contribution is 2.32. The number of hydrogen-bond donors (Lipinski definition) is 5. The van der Waals surface area contributed by atoms with Crippen molar-refractivity contribution >= 4 is 76.7 Å². The fourth-order valence-electron chi connectivity index (χ4n) is 12.8. The zero-order valence-electron chi connectivity index (χ0n) is 58.9. The van der Waals surface area contributed by atoms with Crippen LogP contribution >= 0.6 is 0 Å². The van der Waals surface area contributed by atoms with Crippen LogP contribution in [0.3, 0.4) is 0 Å². The highest BCUT2D eigenvalue weighted by atomic mass is 16.6. The third-order valence-corrected chi connectivity index (χ3v) is 18.5. The topological polar surface area (TPSA) is 329 Å². The van der Waals surface area contributed by atoms with Crippen molar-refractivity contribution in [1.82, 2.24) is 35.6 Å². The second-order valence-electron chi connectivity index (χ2n) is 26.5. The summed E-state index contributed by atoms with van der Waals surface area (Å²) >= 11 is 0. The molecule has 2 aliphatic heterocycles. The van der Waals surface area contributed by atoms with Gasteiger partial charge in [0.2, 0.25) is 29.5 Å². The molecular weight excluding hydrogens is 1230 g/mol. The molecule has 1 fully saturated rings. The van der Waals surface area contributed by atoms with Crippen LogP contribution in [0, 0.1) is 41.4 Å². The first kappa shape index (κ1) is 80.4. The van der Waals surface area contributed by atoms with Crippen LogP contribution in [0.4, 0.5) is 15.3 Å². The van der Waals surface area contributed by atoms with E-state index in [9.17, 15) is 57.5 Å². The van der Waals surface area contributed by atoms with E-state index in [1.807, 2.05) is 58.0 Å². The maximum Gasteiger partial charge on any atom is 0.410 e. The Morgan fingerprint density at radius 3 is 1.94 bits per heavy atom. The molecule has 25 heteroatoms. The molecule has 2 aromatic rings. The van der Waals surface area contributed by atoms with Crippen molar-refractivity contribution < 1.29 is 76.5 Å². The molecule has 11 atom stereocenters. The number of esters is 1. The van der Waals surface area contributed by atoms with E-state index >= 15 is 0 Å². The van der Waals surface area contributed by atoms with Crippen LogP contribution in [0.2, 0.25) is 0 Å². The van der Waals surface area contributed by atoms with Gasteiger partial charge in [-0.25, -0.2) is 14.4 Å². The van der Waals surface area contributed by atoms with Crippen molar-refractivity contribution in [1.29, 1.82) is 0 Å². The summed E-state index contributed by atoms with van der Waals surface area (Å²) in [6, 6.07) is 11.1. The minimum atomic E-state index is -0.980. The Labute approximate surface area is 566 Å². The predicted octanol–water partition coefficient (Wildman–Crippen LogP) is 6.92. The smallest absolute Gasteiger partial charge is 0.410 e. The molecule has 0 bridgehead atoms. The number of urea groups is 1. The van der Waals surface area contributed by atoms with Gasteiger partial charge in [-0.05, 0) is 85.5 Å². The normalized spacial score (nSPS) is 16.9. The number of benzene rings is 2. The largest absolute Gasteiger partial charge is 0.467 e. The van der Waals surface area contributed by atoms with Crippen LogP contribution in [0.25, 0.3) is 0 Å². The summed E-state index contributed by atoms with van der Waals surface area (Å²) in [5, 5.41) is 11.0. The van der Waals surface area contributed by atoms with E-state index in [0.29, 0.717) is 62.7 Å². The SMILES string of the molecule is CC[C@H](C)[C@@H](C(CC(=O)N1CCC[C@H]1[C@H](OC)[C@@H](C)C(=O)N[C@@H](Cc1ccccc1)C(=O)OC)OC)N(C)C(=O)[C@@H](CC(=O)[C@H](C(C)C)N(C)C(=O)OCc1ccc(NC(=O)[C@H](CCCNC(N)=O)CC(=O)[C@@H](NC(=O)CCCCCN2C(=O)C=CC2=O)C(C)C)cc1)C(C)C. The number of likely N-dealkylation sites (N-methyl/N-ethyl adjacent to an activating group) is 2. The standard InChI is InChI=1S/C71H107N9O16/c1-15-46(8)64(57(93-12)41-61(86)79-37-23-27-54(79)65(94-13)47(9)66(87)75-53(69(90)95-14)38-48-24-18-16-19-25-48)77(10)68(89)52(43(2)3)40-56(82)63(45(6)7)78(11)71(92)96-42-49-29-31-51(32-30-49)74-67(88)50(26-22-35-73-70(72)91)39-55(81)62(44(4)5)76-58(83)28-20-17-21-36-80-59(84)33-34-60(80)85/h16,18-19,24-25,29-34,43-47,50,52-54,57,62-65H,15,17,20-23,26-28,35-42H2,1-14H3,(H,74,88)(H,75,87)(H,76,83)(H3,72,73,91)/t46-,47+,50+,52-,53-,54-,57?,62-,63-,64-,65+/m0/s1. The number of nitrogens with one attached hydrogen (secondary N) is 4. The molecule has 96 heavy (non-hydrogen) atoms. The molecule has 2 heterocycles. The van der Waals surface area contributed by atoms with Gasteiger partial charge in [0.15, 0.2) is 11.6 Å². The minimum Gasteiger partial charge on any atom is -0.467 e. The molecule has 25 nitrogen and oxygen atoms in total. The Hall–Kier alpha value is -8.06. The number of primary amides is 1. The van der Waals surface area contributed by atoms with Crippen molar-refractivity contribution in [2.24, 2.45) is 47.2 Å². The number of unbranched alkanes of at least 4 members (excludes halogenated alkanes) is 2. The Kier molecular flexibility index (Phi) is 33.4. The molecule has 2 aromatic carbocycles. The Balaban J connectivity index is 1.38. The summed E-state index contributed by atoms with van der Waals surface area (Å²) in [7, 11) is 7.40. The summed E-state index contributed by atoms with van der Waals surface area (Å²) in [5.74, 6) is -7.50. The number of nitrogens with zero attached hydrogens (tertiary/aromatic N) is 4. The van der Waals surface area contributed by atoms with Crippen LogP contribution in [-0.4, -0.2) is 188 Å². The van der Waals surface area contributed by atoms with Crippen LogP contribution in [0.1, 0.15) is 150 Å². The third kappa shape index (κ3) is 23.9. The lowest BCUT2D eigenvalue weighted by Crippen LogP contribution is -2.55. The number of Topliss-reactive ketones (excluding diaryl/α,β-unsaturated/α-hetero) is 2. The number of carbonyl (C=O) groups is 12. The molecule has 532 valence electrons. The second-order valence-corrected chi connectivity index (χ2v) is 26.5. The summed E-state index contributed by atoms with van der Waals surface area (Å²) in [4.78, 5) is 166. The number of imide groups is 1. The van der Waals surface area contributed by atoms with Gasteiger partial charge in [-0.15, -0.1) is 0 Å². The van der Waals surface area contributed by atoms with Gasteiger partial charge in [-0.2, -0.15) is 0 Å². The summed E-state index contributed by atoms with van der Waals surface area (Å²) in [6.45, 7) is 17.2. The van der Waals surface area contributed by atoms with E-state index in [-0.39, 0.29) is 117 Å². The first-order chi connectivity index (χ1) is 45.5. The number of amides is 10. The molecule has 2 aliphatic rings. The molecule has 0 saturated carbocycles. The maximum atomic E-state index is 14.9. The van der Waals surface area contributed by atoms with Crippen LogP contribution in [0.5, 0.6) is 0 Å². The molecule has 6 N–H and O–H groups in total. The van der Waals surface area contributed by atoms with Crippen molar-refractivity contribution in [2.75, 3.05) is 60.4 Å². The van der Waals surface area contributed by atoms with Crippen molar-refractivity contribution in [3.8, 4) is 0 Å². The van der Waals surface area contributed by atoms with E-state index in [1.54, 1.807) is 75.7 Å². The predicted molar refractivity (Wildman–Crippen MR) is 361 cm³/mol. The first-order valence-corrected chi connectivity index (χ1v) is 33.7. The average Bonchev–Trinajstić information content (AvgIpc) is 1.55. The van der Waals surface area contributed by atoms with Gasteiger partial charge in [0.25, 0.3) is 11.8 Å². The third-order valence-electron chi connectivity index (χ3n) is 18.5. The van der Waals surface area contributed by atoms with Gasteiger partial charge < -0.3 is 60.6 Å². The highest BCUT2D eigenvalue weighted by molar-refractivity contribution is 6.12. The molecule has 0 radical (unpaired) electrons. The lowest BCUT2D eigenvalue weighted by Gasteiger charge is -2.41. The number of carbonyl (C=O) groups excluding carboxylic acids is 12. The lowest BCUT2D eigenvalue weighted by atomic mass is 9.83. The molecule has 1 unspecified atom stereocenters. The summed E-state index contributed by atoms with van der Waals surface area (Å²) in [5.41, 5.74) is 7.03. The average molecular weight is 1340 g/mol. The Bertz CT molecular complexity index is 2960. The number of nitrogens with two attached hydrogens (primary N) is 1. The number of ketones is 2. The molecule has 10 amide bonds. The van der Waals surface area contributed by atoms with Gasteiger partial charge in [-0.1, -0.05) is 118 Å². The molecular formula is C71H107N9O16. The molecule has 0 aliphatic carbocycles. The Morgan fingerprint density at radius 1 is 0.708 bits per heavy atom. The number of likely N-dealkylation sites (tertiary alicyclic amines) is 1. The van der Waals surface area contributed by atoms with Gasteiger partial charge in [0.05, 0.1) is 55.8 Å². The van der Waals surface area contributed by atoms with Gasteiger partial charge in [0.1, 0.15) is 12.6 Å². The highest BCUT2D eigenvalue weighted by Gasteiger charge is 2.44. The lowest BCUT2D eigenvalue weighted by molar-refractivity contribution is -0.150. The van der Waals surface area contributed by atoms with E-state index in [0.717, 1.165) is 10.5 Å². The fourth-order valence-corrected chi connectivity index (χ4v) is 12.8. The van der Waals surface area contributed by atoms with Gasteiger partial charge >= 0.3 is 18.1 Å². The number of hydrogen-bond acceptors (Lipinski definition) is 16. The van der Waals surface area contributed by atoms with Crippen molar-refractivity contribution in [2.45, 2.75) is 195 Å². The van der Waals surface area contributed by atoms with Crippen molar-refractivity contribution in [3.63, 3.8) is 0 Å². The van der Waals surface area contributed by atoms with E-state index in [1.165, 1.54) is 45.4 Å². The monoisotopic (exact) mass is 1340 g/mol. The van der Waals surface area contributed by atoms with E-state index < -0.39 is 96.0 Å². The molecule has 0 spiro atoms. The number of rotatable bonds is 41. The van der Waals surface area contributed by atoms with E-state index in [4.69, 9.17) is 24.7 Å². The van der Waals surface area contributed by atoms with Gasteiger partial charge in [-0.3, -0.25) is 48.1 Å². The Morgan fingerprint density at radius 2 is 1.36 bits per heavy atom. The first-order valence-electron chi connectivity index (χ1n) is 33.7. The number of anilines is 1. The van der Waals surface area contributed by atoms with Gasteiger partial charge in [0, 0.05) is 103 Å². The molecule has 1 saturated heterocycles. The van der Waals surface area contributed by atoms with Crippen molar-refractivity contribution in [3.05, 3.63) is 77.9 Å². The second kappa shape index (κ2) is 39.8. The molecule has 0 aromatic heterocycles. The van der Waals surface area contributed by atoms with Crippen LogP contribution < -0.4 is 27.0 Å².